The fourth-order valence-electron chi connectivity index (χ4n) is 7.54. The third-order valence-electron chi connectivity index (χ3n) is 9.53. The Labute approximate surface area is 276 Å². The number of hydrogen-bond donors (Lipinski definition) is 0. The third kappa shape index (κ3) is 3.90. The summed E-state index contributed by atoms with van der Waals surface area (Å²) >= 11 is 1.90. The van der Waals surface area contributed by atoms with Gasteiger partial charge in [-0.15, -0.1) is 11.3 Å². The lowest BCUT2D eigenvalue weighted by Crippen LogP contribution is -1.94. The first-order valence-corrected chi connectivity index (χ1v) is 16.9. The maximum absolute atomic E-state index is 2.46. The van der Waals surface area contributed by atoms with Crippen LogP contribution in [0, 0.1) is 0 Å². The van der Waals surface area contributed by atoms with E-state index in [4.69, 9.17) is 0 Å². The van der Waals surface area contributed by atoms with Crippen LogP contribution in [0.5, 0.6) is 0 Å². The highest BCUT2D eigenvalue weighted by atomic mass is 32.1. The number of benzene rings is 7. The van der Waals surface area contributed by atoms with Gasteiger partial charge in [0.25, 0.3) is 0 Å². The van der Waals surface area contributed by atoms with Crippen LogP contribution in [0.15, 0.2) is 170 Å². The largest absolute Gasteiger partial charge is 0.309 e. The highest BCUT2D eigenvalue weighted by Crippen LogP contribution is 2.47. The van der Waals surface area contributed by atoms with Crippen molar-refractivity contribution in [2.45, 2.75) is 0 Å². The van der Waals surface area contributed by atoms with E-state index in [0.717, 1.165) is 0 Å². The van der Waals surface area contributed by atoms with Crippen molar-refractivity contribution in [1.82, 2.24) is 9.13 Å². The summed E-state index contributed by atoms with van der Waals surface area (Å²) in [6.45, 7) is 0. The van der Waals surface area contributed by atoms with E-state index in [9.17, 15) is 0 Å². The first-order chi connectivity index (χ1) is 23.3. The summed E-state index contributed by atoms with van der Waals surface area (Å²) in [5.74, 6) is 0. The molecule has 0 bridgehead atoms. The molecule has 0 N–H and O–H groups in total. The topological polar surface area (TPSA) is 9.86 Å². The number of rotatable bonds is 4. The molecule has 0 radical (unpaired) electrons. The molecule has 0 atom stereocenters. The normalized spacial score (nSPS) is 11.8. The van der Waals surface area contributed by atoms with E-state index in [-0.39, 0.29) is 0 Å². The van der Waals surface area contributed by atoms with Crippen molar-refractivity contribution in [3.8, 4) is 33.6 Å². The summed E-state index contributed by atoms with van der Waals surface area (Å²) in [5.41, 5.74) is 12.3. The standard InChI is InChI=1S/C44H28N2S/c1-3-14-30(15-4-1)45-38-23-11-9-20-34(38)37-28-29(26-27-40(37)45)32-18-7-8-19-33(32)35-22-13-25-41-42(35)43-44(47-41)36-21-10-12-24-39(36)46(43)31-16-5-2-6-17-31/h1-28H. The van der Waals surface area contributed by atoms with Gasteiger partial charge in [0, 0.05) is 37.6 Å². The molecule has 3 heteroatoms. The smallest absolute Gasteiger partial charge is 0.0734 e. The third-order valence-corrected chi connectivity index (χ3v) is 10.7. The molecule has 0 fully saturated rings. The van der Waals surface area contributed by atoms with E-state index in [1.165, 1.54) is 86.6 Å². The average Bonchev–Trinajstić information content (AvgIpc) is 3.79. The number of fused-ring (bicyclic) bond motifs is 8. The molecular formula is C44H28N2S. The molecule has 0 saturated carbocycles. The van der Waals surface area contributed by atoms with Crippen molar-refractivity contribution in [3.05, 3.63) is 170 Å². The Morgan fingerprint density at radius 3 is 1.72 bits per heavy atom. The zero-order valence-corrected chi connectivity index (χ0v) is 26.3. The molecule has 7 aromatic carbocycles. The van der Waals surface area contributed by atoms with Crippen LogP contribution in [-0.4, -0.2) is 9.13 Å². The molecule has 0 saturated heterocycles. The summed E-state index contributed by atoms with van der Waals surface area (Å²) in [6.07, 6.45) is 0. The lowest BCUT2D eigenvalue weighted by atomic mass is 9.92. The van der Waals surface area contributed by atoms with Crippen LogP contribution >= 0.6 is 11.3 Å². The highest BCUT2D eigenvalue weighted by Gasteiger charge is 2.21. The molecular weight excluding hydrogens is 589 g/mol. The van der Waals surface area contributed by atoms with Crippen molar-refractivity contribution in [3.63, 3.8) is 0 Å². The Balaban J connectivity index is 1.25. The van der Waals surface area contributed by atoms with Gasteiger partial charge in [0.15, 0.2) is 0 Å². The Morgan fingerprint density at radius 2 is 0.957 bits per heavy atom. The van der Waals surface area contributed by atoms with Crippen molar-refractivity contribution >= 4 is 64.3 Å². The van der Waals surface area contributed by atoms with E-state index in [0.29, 0.717) is 0 Å². The molecule has 3 heterocycles. The molecule has 10 rings (SSSR count). The van der Waals surface area contributed by atoms with Crippen LogP contribution in [-0.2, 0) is 0 Å². The second-order valence-electron chi connectivity index (χ2n) is 12.1. The number of thiophene rings is 1. The lowest BCUT2D eigenvalue weighted by Gasteiger charge is -2.14. The SMILES string of the molecule is c1ccc(-n2c3ccccc3c3cc(-c4ccccc4-c4cccc5sc6c7ccccc7n(-c7ccccc7)c6c45)ccc32)cc1. The van der Waals surface area contributed by atoms with Crippen LogP contribution in [0.2, 0.25) is 0 Å². The fraction of sp³-hybridized carbons (Fsp3) is 0. The number of nitrogens with zero attached hydrogens (tertiary/aromatic N) is 2. The molecule has 0 amide bonds. The molecule has 220 valence electrons. The minimum atomic E-state index is 1.17. The van der Waals surface area contributed by atoms with Gasteiger partial charge in [-0.25, -0.2) is 0 Å². The van der Waals surface area contributed by atoms with E-state index in [2.05, 4.69) is 179 Å². The average molecular weight is 617 g/mol. The van der Waals surface area contributed by atoms with Gasteiger partial charge in [0.1, 0.15) is 0 Å². The van der Waals surface area contributed by atoms with Gasteiger partial charge >= 0.3 is 0 Å². The monoisotopic (exact) mass is 616 g/mol. The van der Waals surface area contributed by atoms with Crippen molar-refractivity contribution < 1.29 is 0 Å². The first-order valence-electron chi connectivity index (χ1n) is 16.0. The summed E-state index contributed by atoms with van der Waals surface area (Å²) in [4.78, 5) is 0. The predicted octanol–water partition coefficient (Wildman–Crippen LogP) is 12.4. The van der Waals surface area contributed by atoms with Gasteiger partial charge in [-0.1, -0.05) is 115 Å². The van der Waals surface area contributed by atoms with Gasteiger partial charge in [0.2, 0.25) is 0 Å². The van der Waals surface area contributed by atoms with E-state index in [1.807, 2.05) is 11.3 Å². The van der Waals surface area contributed by atoms with Gasteiger partial charge in [0.05, 0.1) is 26.8 Å². The molecule has 0 aliphatic heterocycles. The zero-order valence-electron chi connectivity index (χ0n) is 25.5. The molecule has 0 unspecified atom stereocenters. The van der Waals surface area contributed by atoms with Crippen LogP contribution in [0.1, 0.15) is 0 Å². The second-order valence-corrected chi connectivity index (χ2v) is 13.2. The summed E-state index contributed by atoms with van der Waals surface area (Å²) < 4.78 is 7.48. The number of aromatic nitrogens is 2. The van der Waals surface area contributed by atoms with Gasteiger partial charge in [-0.05, 0) is 76.9 Å². The summed E-state index contributed by atoms with van der Waals surface area (Å²) in [7, 11) is 0. The molecule has 3 aromatic heterocycles. The fourth-order valence-corrected chi connectivity index (χ4v) is 8.79. The highest BCUT2D eigenvalue weighted by molar-refractivity contribution is 7.26. The molecule has 0 aliphatic carbocycles. The molecule has 0 aliphatic rings. The Bertz CT molecular complexity index is 2780. The van der Waals surface area contributed by atoms with Crippen LogP contribution < -0.4 is 0 Å². The molecule has 2 nitrogen and oxygen atoms in total. The van der Waals surface area contributed by atoms with Gasteiger partial charge in [-0.2, -0.15) is 0 Å². The zero-order chi connectivity index (χ0) is 30.9. The summed E-state index contributed by atoms with van der Waals surface area (Å²) in [5, 5.41) is 5.13. The number of para-hydroxylation sites is 4. The van der Waals surface area contributed by atoms with Crippen LogP contribution in [0.4, 0.5) is 0 Å². The Kier molecular flexibility index (Phi) is 5.78. The predicted molar refractivity (Wildman–Crippen MR) is 201 cm³/mol. The molecule has 47 heavy (non-hydrogen) atoms. The minimum absolute atomic E-state index is 1.17. The van der Waals surface area contributed by atoms with Crippen LogP contribution in [0.25, 0.3) is 86.6 Å². The molecule has 0 spiro atoms. The maximum atomic E-state index is 2.46. The Morgan fingerprint density at radius 1 is 0.383 bits per heavy atom. The van der Waals surface area contributed by atoms with Crippen molar-refractivity contribution in [2.75, 3.05) is 0 Å². The van der Waals surface area contributed by atoms with Crippen LogP contribution in [0.3, 0.4) is 0 Å². The van der Waals surface area contributed by atoms with Gasteiger partial charge < -0.3 is 9.13 Å². The van der Waals surface area contributed by atoms with E-state index >= 15 is 0 Å². The molecule has 10 aromatic rings. The van der Waals surface area contributed by atoms with Crippen molar-refractivity contribution in [2.24, 2.45) is 0 Å². The van der Waals surface area contributed by atoms with Crippen molar-refractivity contribution in [1.29, 1.82) is 0 Å². The quantitative estimate of drug-likeness (QED) is 0.186. The number of hydrogen-bond acceptors (Lipinski definition) is 1. The van der Waals surface area contributed by atoms with Gasteiger partial charge in [-0.3, -0.25) is 0 Å². The Hall–Kier alpha value is -5.90. The maximum Gasteiger partial charge on any atom is 0.0734 e. The first kappa shape index (κ1) is 26.3. The van der Waals surface area contributed by atoms with E-state index in [1.54, 1.807) is 0 Å². The minimum Gasteiger partial charge on any atom is -0.309 e. The second kappa shape index (κ2) is 10.3. The summed E-state index contributed by atoms with van der Waals surface area (Å²) in [6, 6.07) is 61.7. The lowest BCUT2D eigenvalue weighted by molar-refractivity contribution is 1.18. The van der Waals surface area contributed by atoms with E-state index < -0.39 is 0 Å².